The molecule has 0 bridgehead atoms. The Labute approximate surface area is 108 Å². The highest BCUT2D eigenvalue weighted by Gasteiger charge is 2.30. The van der Waals surface area contributed by atoms with Crippen molar-refractivity contribution < 1.29 is 19.4 Å². The first-order chi connectivity index (χ1) is 8.49. The van der Waals surface area contributed by atoms with Crippen molar-refractivity contribution in [3.8, 4) is 5.75 Å². The van der Waals surface area contributed by atoms with Gasteiger partial charge < -0.3 is 14.6 Å². The highest BCUT2D eigenvalue weighted by molar-refractivity contribution is 5.78. The molecule has 1 aromatic carbocycles. The topological polar surface area (TPSA) is 55.8 Å². The molecule has 18 heavy (non-hydrogen) atoms. The van der Waals surface area contributed by atoms with Crippen LogP contribution in [0.5, 0.6) is 5.75 Å². The van der Waals surface area contributed by atoms with Gasteiger partial charge in [0, 0.05) is 6.61 Å². The summed E-state index contributed by atoms with van der Waals surface area (Å²) in [5.74, 6) is 0.213. The van der Waals surface area contributed by atoms with Gasteiger partial charge >= 0.3 is 5.97 Å². The second-order valence-electron chi connectivity index (χ2n) is 4.58. The number of aryl methyl sites for hydroxylation is 1. The van der Waals surface area contributed by atoms with Gasteiger partial charge in [-0.05, 0) is 44.4 Å². The van der Waals surface area contributed by atoms with Crippen LogP contribution in [0.2, 0.25) is 0 Å². The second-order valence-corrected chi connectivity index (χ2v) is 4.58. The molecule has 1 rings (SSSR count). The zero-order valence-electron chi connectivity index (χ0n) is 11.1. The number of hydrogen-bond donors (Lipinski definition) is 1. The smallest absolute Gasteiger partial charge is 0.349 e. The molecule has 0 aliphatic rings. The molecule has 1 aromatic rings. The summed E-state index contributed by atoms with van der Waals surface area (Å²) in [6, 6.07) is 7.49. The summed E-state index contributed by atoms with van der Waals surface area (Å²) in [4.78, 5) is 11.5. The normalized spacial score (nSPS) is 11.1. The lowest BCUT2D eigenvalue weighted by Crippen LogP contribution is -2.39. The number of carbonyl (C=O) groups excluding carboxylic acids is 1. The van der Waals surface area contributed by atoms with E-state index in [2.05, 4.69) is 4.74 Å². The summed E-state index contributed by atoms with van der Waals surface area (Å²) in [6.07, 6.45) is 1.57. The molecule has 0 spiro atoms. The predicted molar refractivity (Wildman–Crippen MR) is 68.6 cm³/mol. The molecule has 0 aliphatic heterocycles. The van der Waals surface area contributed by atoms with E-state index >= 15 is 0 Å². The number of rotatable bonds is 6. The van der Waals surface area contributed by atoms with E-state index in [1.54, 1.807) is 13.8 Å². The minimum absolute atomic E-state index is 0.188. The molecule has 0 atom stereocenters. The van der Waals surface area contributed by atoms with Crippen LogP contribution in [0, 0.1) is 0 Å². The van der Waals surface area contributed by atoms with Gasteiger partial charge in [-0.3, -0.25) is 0 Å². The number of carbonyl (C=O) groups is 1. The van der Waals surface area contributed by atoms with E-state index in [1.165, 1.54) is 7.11 Å². The Morgan fingerprint density at radius 1 is 1.28 bits per heavy atom. The molecule has 1 N–H and O–H groups in total. The maximum atomic E-state index is 11.5. The molecule has 0 aromatic heterocycles. The van der Waals surface area contributed by atoms with Gasteiger partial charge in [-0.2, -0.15) is 0 Å². The van der Waals surface area contributed by atoms with Crippen LogP contribution in [0.4, 0.5) is 0 Å². The van der Waals surface area contributed by atoms with Crippen molar-refractivity contribution >= 4 is 5.97 Å². The van der Waals surface area contributed by atoms with Crippen LogP contribution < -0.4 is 4.74 Å². The third-order valence-corrected chi connectivity index (χ3v) is 2.60. The van der Waals surface area contributed by atoms with Crippen LogP contribution in [-0.2, 0) is 16.0 Å². The van der Waals surface area contributed by atoms with E-state index < -0.39 is 11.6 Å². The molecular weight excluding hydrogens is 232 g/mol. The van der Waals surface area contributed by atoms with Crippen molar-refractivity contribution in [2.75, 3.05) is 13.7 Å². The molecule has 0 amide bonds. The van der Waals surface area contributed by atoms with Gasteiger partial charge in [0.2, 0.25) is 0 Å². The quantitative estimate of drug-likeness (QED) is 0.786. The Morgan fingerprint density at radius 2 is 1.89 bits per heavy atom. The van der Waals surface area contributed by atoms with E-state index in [4.69, 9.17) is 9.84 Å². The lowest BCUT2D eigenvalue weighted by molar-refractivity contribution is -0.156. The number of esters is 1. The monoisotopic (exact) mass is 252 g/mol. The maximum absolute atomic E-state index is 11.5. The van der Waals surface area contributed by atoms with E-state index in [0.717, 1.165) is 18.4 Å². The number of benzene rings is 1. The van der Waals surface area contributed by atoms with Crippen molar-refractivity contribution in [3.63, 3.8) is 0 Å². The van der Waals surface area contributed by atoms with Gasteiger partial charge in [-0.1, -0.05) is 12.1 Å². The molecule has 0 saturated carbocycles. The lowest BCUT2D eigenvalue weighted by Gasteiger charge is -2.23. The number of aliphatic hydroxyl groups is 1. The Morgan fingerprint density at radius 3 is 2.39 bits per heavy atom. The number of methoxy groups -OCH3 is 1. The van der Waals surface area contributed by atoms with Crippen molar-refractivity contribution in [2.45, 2.75) is 32.3 Å². The Kier molecular flexibility index (Phi) is 5.16. The molecule has 0 aliphatic carbocycles. The fourth-order valence-electron chi connectivity index (χ4n) is 1.59. The summed E-state index contributed by atoms with van der Waals surface area (Å²) in [7, 11) is 1.34. The fraction of sp³-hybridized carbons (Fsp3) is 0.500. The first kappa shape index (κ1) is 14.5. The predicted octanol–water partition coefficient (Wildman–Crippen LogP) is 1.94. The zero-order chi connectivity index (χ0) is 13.6. The number of ether oxygens (including phenoxy) is 2. The first-order valence-corrected chi connectivity index (χ1v) is 5.97. The van der Waals surface area contributed by atoms with Crippen LogP contribution in [0.15, 0.2) is 24.3 Å². The molecule has 4 heteroatoms. The minimum Gasteiger partial charge on any atom is -0.476 e. The molecule has 0 heterocycles. The van der Waals surface area contributed by atoms with Crippen LogP contribution in [0.25, 0.3) is 0 Å². The minimum atomic E-state index is -0.999. The van der Waals surface area contributed by atoms with Gasteiger partial charge in [0.1, 0.15) is 5.75 Å². The van der Waals surface area contributed by atoms with E-state index in [9.17, 15) is 4.79 Å². The third kappa shape index (κ3) is 4.04. The molecular formula is C14H20O4. The van der Waals surface area contributed by atoms with Crippen molar-refractivity contribution in [3.05, 3.63) is 29.8 Å². The largest absolute Gasteiger partial charge is 0.476 e. The van der Waals surface area contributed by atoms with Crippen molar-refractivity contribution in [1.29, 1.82) is 0 Å². The molecule has 100 valence electrons. The van der Waals surface area contributed by atoms with Crippen LogP contribution >= 0.6 is 0 Å². The highest BCUT2D eigenvalue weighted by Crippen LogP contribution is 2.20. The van der Waals surface area contributed by atoms with Gasteiger partial charge in [0.25, 0.3) is 0 Å². The Balaban J connectivity index is 2.66. The van der Waals surface area contributed by atoms with E-state index in [-0.39, 0.29) is 6.61 Å². The van der Waals surface area contributed by atoms with Crippen LogP contribution in [-0.4, -0.2) is 30.4 Å². The van der Waals surface area contributed by atoms with Gasteiger partial charge in [0.15, 0.2) is 5.60 Å². The third-order valence-electron chi connectivity index (χ3n) is 2.60. The summed E-state index contributed by atoms with van der Waals surface area (Å²) in [5.41, 5.74) is 0.133. The molecule has 0 unspecified atom stereocenters. The van der Waals surface area contributed by atoms with E-state index in [1.807, 2.05) is 24.3 Å². The van der Waals surface area contributed by atoms with Crippen molar-refractivity contribution in [2.24, 2.45) is 0 Å². The highest BCUT2D eigenvalue weighted by atomic mass is 16.6. The van der Waals surface area contributed by atoms with Gasteiger partial charge in [0.05, 0.1) is 7.11 Å². The average Bonchev–Trinajstić information content (AvgIpc) is 2.36. The molecule has 0 radical (unpaired) electrons. The Bertz CT molecular complexity index is 381. The molecule has 0 saturated heterocycles. The van der Waals surface area contributed by atoms with Crippen molar-refractivity contribution in [1.82, 2.24) is 0 Å². The molecule has 4 nitrogen and oxygen atoms in total. The summed E-state index contributed by atoms with van der Waals surface area (Å²) >= 11 is 0. The summed E-state index contributed by atoms with van der Waals surface area (Å²) in [5, 5.41) is 8.75. The number of hydrogen-bond acceptors (Lipinski definition) is 4. The molecule has 0 fully saturated rings. The second kappa shape index (κ2) is 6.40. The van der Waals surface area contributed by atoms with E-state index in [0.29, 0.717) is 5.75 Å². The SMILES string of the molecule is COC(=O)C(C)(C)Oc1ccc(CCCO)cc1. The standard InChI is InChI=1S/C14H20O4/c1-14(2,13(16)17-3)18-12-8-6-11(7-9-12)5-4-10-15/h6-9,15H,4-5,10H2,1-3H3. The zero-order valence-corrected chi connectivity index (χ0v) is 11.1. The van der Waals surface area contributed by atoms with Crippen LogP contribution in [0.1, 0.15) is 25.8 Å². The maximum Gasteiger partial charge on any atom is 0.349 e. The average molecular weight is 252 g/mol. The fourth-order valence-corrected chi connectivity index (χ4v) is 1.59. The summed E-state index contributed by atoms with van der Waals surface area (Å²) < 4.78 is 10.3. The van der Waals surface area contributed by atoms with Gasteiger partial charge in [-0.15, -0.1) is 0 Å². The van der Waals surface area contributed by atoms with Gasteiger partial charge in [-0.25, -0.2) is 4.79 Å². The summed E-state index contributed by atoms with van der Waals surface area (Å²) in [6.45, 7) is 3.52. The van der Waals surface area contributed by atoms with Crippen LogP contribution in [0.3, 0.4) is 0 Å². The number of aliphatic hydroxyl groups excluding tert-OH is 1. The lowest BCUT2D eigenvalue weighted by atomic mass is 10.1. The Hall–Kier alpha value is -1.55. The first-order valence-electron chi connectivity index (χ1n) is 5.97.